The van der Waals surface area contributed by atoms with Crippen LogP contribution in [0, 0.1) is 5.41 Å². The van der Waals surface area contributed by atoms with Crippen molar-refractivity contribution in [2.75, 3.05) is 13.1 Å². The molecule has 20 heavy (non-hydrogen) atoms. The number of amides is 1. The highest BCUT2D eigenvalue weighted by Gasteiger charge is 2.24. The minimum atomic E-state index is 0.0614. The van der Waals surface area contributed by atoms with Gasteiger partial charge in [-0.3, -0.25) is 9.78 Å². The summed E-state index contributed by atoms with van der Waals surface area (Å²) in [5.41, 5.74) is 8.61. The van der Waals surface area contributed by atoms with Crippen LogP contribution in [0.1, 0.15) is 43.2 Å². The molecule has 2 heterocycles. The van der Waals surface area contributed by atoms with Crippen molar-refractivity contribution in [3.8, 4) is 0 Å². The minimum Gasteiger partial charge on any atom is -0.335 e. The fourth-order valence-corrected chi connectivity index (χ4v) is 2.44. The van der Waals surface area contributed by atoms with Gasteiger partial charge in [0.1, 0.15) is 0 Å². The molecule has 1 aromatic rings. The molecular formula is C16H23N3O. The van der Waals surface area contributed by atoms with Crippen LogP contribution < -0.4 is 5.73 Å². The third-order valence-corrected chi connectivity index (χ3v) is 3.73. The average Bonchev–Trinajstić information content (AvgIpc) is 2.46. The highest BCUT2D eigenvalue weighted by atomic mass is 16.2. The lowest BCUT2D eigenvalue weighted by Crippen LogP contribution is -2.36. The molecule has 2 N–H and O–H groups in total. The Morgan fingerprint density at radius 3 is 2.75 bits per heavy atom. The van der Waals surface area contributed by atoms with Crippen LogP contribution in [0.25, 0.3) is 0 Å². The number of carbonyl (C=O) groups is 1. The van der Waals surface area contributed by atoms with E-state index in [1.54, 1.807) is 18.3 Å². The molecule has 1 amide bonds. The quantitative estimate of drug-likeness (QED) is 0.841. The number of rotatable bonds is 2. The predicted molar refractivity (Wildman–Crippen MR) is 80.2 cm³/mol. The first-order valence-corrected chi connectivity index (χ1v) is 7.05. The van der Waals surface area contributed by atoms with Gasteiger partial charge in [0.05, 0.1) is 5.69 Å². The van der Waals surface area contributed by atoms with E-state index in [9.17, 15) is 4.79 Å². The summed E-state index contributed by atoms with van der Waals surface area (Å²) in [7, 11) is 0. The molecule has 4 heteroatoms. The third kappa shape index (κ3) is 3.25. The normalized spacial score (nSPS) is 16.0. The highest BCUT2D eigenvalue weighted by molar-refractivity contribution is 5.94. The topological polar surface area (TPSA) is 59.2 Å². The first-order chi connectivity index (χ1) is 9.41. The molecule has 1 aliphatic rings. The molecule has 0 spiro atoms. The Kier molecular flexibility index (Phi) is 4.23. The zero-order valence-electron chi connectivity index (χ0n) is 12.5. The predicted octanol–water partition coefficient (Wildman–Crippen LogP) is 2.36. The molecule has 0 aromatic carbocycles. The first kappa shape index (κ1) is 14.7. The van der Waals surface area contributed by atoms with Crippen LogP contribution in [-0.2, 0) is 6.54 Å². The summed E-state index contributed by atoms with van der Waals surface area (Å²) in [6.07, 6.45) is 4.78. The van der Waals surface area contributed by atoms with E-state index in [0.29, 0.717) is 18.7 Å². The standard InChI is InChI=1S/C16H23N3O/c1-16(2,3)13-5-8-19(9-6-13)15(20)12-4-7-18-14(10-12)11-17/h4-5,7,10H,6,8-9,11,17H2,1-3H3. The maximum Gasteiger partial charge on any atom is 0.254 e. The molecule has 1 aliphatic heterocycles. The molecule has 0 radical (unpaired) electrons. The van der Waals surface area contributed by atoms with Gasteiger partial charge in [-0.1, -0.05) is 32.4 Å². The number of carbonyl (C=O) groups excluding carboxylic acids is 1. The SMILES string of the molecule is CC(C)(C)C1=CCN(C(=O)c2ccnc(CN)c2)CC1. The highest BCUT2D eigenvalue weighted by Crippen LogP contribution is 2.30. The van der Waals surface area contributed by atoms with E-state index < -0.39 is 0 Å². The Hall–Kier alpha value is -1.68. The summed E-state index contributed by atoms with van der Waals surface area (Å²) in [5.74, 6) is 0.0614. The van der Waals surface area contributed by atoms with Crippen molar-refractivity contribution < 1.29 is 4.79 Å². The van der Waals surface area contributed by atoms with E-state index in [4.69, 9.17) is 5.73 Å². The number of hydrogen-bond acceptors (Lipinski definition) is 3. The van der Waals surface area contributed by atoms with Crippen molar-refractivity contribution in [1.82, 2.24) is 9.88 Å². The molecule has 0 bridgehead atoms. The molecule has 2 rings (SSSR count). The Labute approximate surface area is 120 Å². The fraction of sp³-hybridized carbons (Fsp3) is 0.500. The zero-order chi connectivity index (χ0) is 14.8. The van der Waals surface area contributed by atoms with Gasteiger partial charge in [-0.25, -0.2) is 0 Å². The second kappa shape index (κ2) is 5.75. The van der Waals surface area contributed by atoms with Crippen LogP contribution in [0.2, 0.25) is 0 Å². The Morgan fingerprint density at radius 2 is 2.20 bits per heavy atom. The lowest BCUT2D eigenvalue weighted by molar-refractivity contribution is 0.0764. The smallest absolute Gasteiger partial charge is 0.254 e. The lowest BCUT2D eigenvalue weighted by Gasteiger charge is -2.32. The van der Waals surface area contributed by atoms with Crippen LogP contribution >= 0.6 is 0 Å². The van der Waals surface area contributed by atoms with E-state index >= 15 is 0 Å². The van der Waals surface area contributed by atoms with Gasteiger partial charge in [0, 0.05) is 31.4 Å². The molecular weight excluding hydrogens is 250 g/mol. The van der Waals surface area contributed by atoms with E-state index in [1.165, 1.54) is 5.57 Å². The van der Waals surface area contributed by atoms with Crippen LogP contribution in [-0.4, -0.2) is 28.9 Å². The summed E-state index contributed by atoms with van der Waals surface area (Å²) >= 11 is 0. The summed E-state index contributed by atoms with van der Waals surface area (Å²) < 4.78 is 0. The van der Waals surface area contributed by atoms with Crippen LogP contribution in [0.3, 0.4) is 0 Å². The average molecular weight is 273 g/mol. The van der Waals surface area contributed by atoms with Gasteiger partial charge in [-0.2, -0.15) is 0 Å². The van der Waals surface area contributed by atoms with Gasteiger partial charge in [0.2, 0.25) is 0 Å². The summed E-state index contributed by atoms with van der Waals surface area (Å²) in [5, 5.41) is 0. The largest absolute Gasteiger partial charge is 0.335 e. The van der Waals surface area contributed by atoms with Gasteiger partial charge < -0.3 is 10.6 Å². The number of hydrogen-bond donors (Lipinski definition) is 1. The molecule has 0 saturated carbocycles. The summed E-state index contributed by atoms with van der Waals surface area (Å²) in [6.45, 7) is 8.47. The second-order valence-electron chi connectivity index (χ2n) is 6.22. The number of nitrogens with two attached hydrogens (primary N) is 1. The van der Waals surface area contributed by atoms with Crippen molar-refractivity contribution >= 4 is 5.91 Å². The van der Waals surface area contributed by atoms with E-state index in [0.717, 1.165) is 18.7 Å². The monoisotopic (exact) mass is 273 g/mol. The maximum absolute atomic E-state index is 12.5. The zero-order valence-corrected chi connectivity index (χ0v) is 12.5. The van der Waals surface area contributed by atoms with Crippen molar-refractivity contribution in [3.05, 3.63) is 41.2 Å². The maximum atomic E-state index is 12.5. The Morgan fingerprint density at radius 1 is 1.45 bits per heavy atom. The molecule has 108 valence electrons. The molecule has 0 saturated heterocycles. The minimum absolute atomic E-state index is 0.0614. The summed E-state index contributed by atoms with van der Waals surface area (Å²) in [6, 6.07) is 3.54. The molecule has 4 nitrogen and oxygen atoms in total. The fourth-order valence-electron chi connectivity index (χ4n) is 2.44. The van der Waals surface area contributed by atoms with Crippen molar-refractivity contribution in [3.63, 3.8) is 0 Å². The molecule has 0 atom stereocenters. The van der Waals surface area contributed by atoms with E-state index in [1.807, 2.05) is 4.90 Å². The van der Waals surface area contributed by atoms with Crippen molar-refractivity contribution in [2.24, 2.45) is 11.1 Å². The van der Waals surface area contributed by atoms with Crippen molar-refractivity contribution in [1.29, 1.82) is 0 Å². The Bertz CT molecular complexity index is 529. The first-order valence-electron chi connectivity index (χ1n) is 7.05. The Balaban J connectivity index is 2.10. The van der Waals surface area contributed by atoms with Gasteiger partial charge in [0.25, 0.3) is 5.91 Å². The van der Waals surface area contributed by atoms with Crippen LogP contribution in [0.4, 0.5) is 0 Å². The van der Waals surface area contributed by atoms with E-state index in [-0.39, 0.29) is 11.3 Å². The van der Waals surface area contributed by atoms with Gasteiger partial charge in [-0.05, 0) is 24.0 Å². The molecule has 0 unspecified atom stereocenters. The van der Waals surface area contributed by atoms with Crippen LogP contribution in [0.15, 0.2) is 30.0 Å². The van der Waals surface area contributed by atoms with Gasteiger partial charge in [-0.15, -0.1) is 0 Å². The number of pyridine rings is 1. The van der Waals surface area contributed by atoms with Gasteiger partial charge >= 0.3 is 0 Å². The number of nitrogens with zero attached hydrogens (tertiary/aromatic N) is 2. The molecule has 1 aromatic heterocycles. The van der Waals surface area contributed by atoms with Crippen molar-refractivity contribution in [2.45, 2.75) is 33.7 Å². The lowest BCUT2D eigenvalue weighted by atomic mass is 9.83. The molecule has 0 fully saturated rings. The third-order valence-electron chi connectivity index (χ3n) is 3.73. The van der Waals surface area contributed by atoms with Gasteiger partial charge in [0.15, 0.2) is 0 Å². The molecule has 0 aliphatic carbocycles. The van der Waals surface area contributed by atoms with Crippen LogP contribution in [0.5, 0.6) is 0 Å². The number of aromatic nitrogens is 1. The summed E-state index contributed by atoms with van der Waals surface area (Å²) in [4.78, 5) is 18.5. The second-order valence-corrected chi connectivity index (χ2v) is 6.22. The van der Waals surface area contributed by atoms with E-state index in [2.05, 4.69) is 31.8 Å².